The van der Waals surface area contributed by atoms with Gasteiger partial charge in [-0.25, -0.2) is 4.39 Å². The van der Waals surface area contributed by atoms with Crippen LogP contribution in [-0.2, 0) is 4.79 Å². The Morgan fingerprint density at radius 3 is 2.78 bits per heavy atom. The molecule has 6 heteroatoms. The van der Waals surface area contributed by atoms with Crippen molar-refractivity contribution in [3.8, 4) is 0 Å². The highest BCUT2D eigenvalue weighted by Gasteiger charge is 2.26. The predicted octanol–water partition coefficient (Wildman–Crippen LogP) is 3.43. The zero-order valence-corrected chi connectivity index (χ0v) is 15.4. The minimum atomic E-state index is -0.225. The molecule has 1 saturated heterocycles. The molecule has 1 aromatic rings. The van der Waals surface area contributed by atoms with Crippen molar-refractivity contribution < 1.29 is 9.18 Å². The number of piperidine rings is 1. The van der Waals surface area contributed by atoms with E-state index < -0.39 is 0 Å². The average molecular weight is 361 g/mol. The molecule has 1 aliphatic heterocycles. The number of benzene rings is 1. The third-order valence-electron chi connectivity index (χ3n) is 4.06. The number of halogens is 2. The normalized spacial score (nSPS) is 19.1. The van der Waals surface area contributed by atoms with E-state index in [1.807, 2.05) is 18.9 Å². The number of rotatable bonds is 6. The molecule has 130 valence electrons. The third kappa shape index (κ3) is 6.32. The largest absolute Gasteiger partial charge is 0.342 e. The first kappa shape index (κ1) is 20.3. The topological polar surface area (TPSA) is 32.3 Å². The van der Waals surface area contributed by atoms with Crippen molar-refractivity contribution in [3.05, 3.63) is 30.1 Å². The van der Waals surface area contributed by atoms with Crippen LogP contribution in [0.2, 0.25) is 0 Å². The van der Waals surface area contributed by atoms with E-state index in [0.29, 0.717) is 5.92 Å². The lowest BCUT2D eigenvalue weighted by Crippen LogP contribution is -2.44. The summed E-state index contributed by atoms with van der Waals surface area (Å²) < 4.78 is 12.9. The van der Waals surface area contributed by atoms with Crippen molar-refractivity contribution in [2.45, 2.75) is 24.7 Å². The van der Waals surface area contributed by atoms with E-state index >= 15 is 0 Å². The Morgan fingerprint density at radius 1 is 1.43 bits per heavy atom. The van der Waals surface area contributed by atoms with E-state index in [9.17, 15) is 9.18 Å². The number of thioether (sulfide) groups is 1. The molecule has 1 aliphatic rings. The van der Waals surface area contributed by atoms with Gasteiger partial charge in [0.15, 0.2) is 0 Å². The fourth-order valence-electron chi connectivity index (χ4n) is 2.86. The molecule has 1 aromatic carbocycles. The van der Waals surface area contributed by atoms with Crippen molar-refractivity contribution in [1.29, 1.82) is 0 Å². The highest BCUT2D eigenvalue weighted by molar-refractivity contribution is 7.99. The van der Waals surface area contributed by atoms with Gasteiger partial charge < -0.3 is 10.2 Å². The molecule has 0 spiro atoms. The van der Waals surface area contributed by atoms with Gasteiger partial charge in [-0.1, -0.05) is 6.92 Å². The Bertz CT molecular complexity index is 484. The second-order valence-corrected chi connectivity index (χ2v) is 7.11. The van der Waals surface area contributed by atoms with Crippen LogP contribution in [0.4, 0.5) is 4.39 Å². The van der Waals surface area contributed by atoms with Crippen molar-refractivity contribution >= 4 is 30.1 Å². The maximum atomic E-state index is 12.9. The van der Waals surface area contributed by atoms with Gasteiger partial charge in [0, 0.05) is 29.7 Å². The molecular weight excluding hydrogens is 335 g/mol. The lowest BCUT2D eigenvalue weighted by Gasteiger charge is -2.34. The summed E-state index contributed by atoms with van der Waals surface area (Å²) in [7, 11) is 1.96. The third-order valence-corrected chi connectivity index (χ3v) is 5.33. The molecule has 2 unspecified atom stereocenters. The number of carbonyl (C=O) groups is 1. The summed E-state index contributed by atoms with van der Waals surface area (Å²) in [5, 5.41) is 3.20. The standard InChI is InChI=1S/C17H25FN2OS.ClH/c1-13(12-22-16-7-5-15(18)6-8-16)17(21)20-9-3-4-14(11-20)10-19-2;/h5-8,13-14,19H,3-4,9-12H2,1-2H3;1H. The second kappa shape index (κ2) is 10.2. The smallest absolute Gasteiger partial charge is 0.226 e. The van der Waals surface area contributed by atoms with Crippen LogP contribution < -0.4 is 5.32 Å². The first-order valence-corrected chi connectivity index (χ1v) is 8.90. The number of amides is 1. The summed E-state index contributed by atoms with van der Waals surface area (Å²) >= 11 is 1.61. The molecule has 1 fully saturated rings. The molecule has 0 aliphatic carbocycles. The van der Waals surface area contributed by atoms with Gasteiger partial charge in [-0.2, -0.15) is 0 Å². The van der Waals surface area contributed by atoms with E-state index in [1.54, 1.807) is 23.9 Å². The van der Waals surface area contributed by atoms with Gasteiger partial charge in [0.05, 0.1) is 0 Å². The summed E-state index contributed by atoms with van der Waals surface area (Å²) in [5.41, 5.74) is 0. The summed E-state index contributed by atoms with van der Waals surface area (Å²) in [6, 6.07) is 6.45. The predicted molar refractivity (Wildman–Crippen MR) is 96.8 cm³/mol. The highest BCUT2D eigenvalue weighted by atomic mass is 35.5. The minimum Gasteiger partial charge on any atom is -0.342 e. The number of carbonyl (C=O) groups excluding carboxylic acids is 1. The van der Waals surface area contributed by atoms with Gasteiger partial charge in [0.1, 0.15) is 5.82 Å². The summed E-state index contributed by atoms with van der Waals surface area (Å²) in [6.07, 6.45) is 2.29. The molecule has 23 heavy (non-hydrogen) atoms. The zero-order valence-electron chi connectivity index (χ0n) is 13.8. The average Bonchev–Trinajstić information content (AvgIpc) is 2.54. The quantitative estimate of drug-likeness (QED) is 0.789. The molecule has 0 radical (unpaired) electrons. The molecule has 1 amide bonds. The van der Waals surface area contributed by atoms with E-state index in [2.05, 4.69) is 5.32 Å². The first-order valence-electron chi connectivity index (χ1n) is 7.92. The van der Waals surface area contributed by atoms with Crippen LogP contribution in [0, 0.1) is 17.7 Å². The minimum absolute atomic E-state index is 0. The lowest BCUT2D eigenvalue weighted by molar-refractivity contribution is -0.136. The SMILES string of the molecule is CNCC1CCCN(C(=O)C(C)CSc2ccc(F)cc2)C1.Cl. The van der Waals surface area contributed by atoms with E-state index in [1.165, 1.54) is 18.6 Å². The summed E-state index contributed by atoms with van der Waals surface area (Å²) in [6.45, 7) is 4.71. The second-order valence-electron chi connectivity index (χ2n) is 6.02. The molecule has 2 rings (SSSR count). The Morgan fingerprint density at radius 2 is 2.13 bits per heavy atom. The van der Waals surface area contributed by atoms with Crippen LogP contribution in [-0.4, -0.2) is 43.2 Å². The van der Waals surface area contributed by atoms with Gasteiger partial charge in [-0.3, -0.25) is 4.79 Å². The summed E-state index contributed by atoms with van der Waals surface area (Å²) in [4.78, 5) is 15.6. The Hall–Kier alpha value is -0.780. The maximum Gasteiger partial charge on any atom is 0.226 e. The number of hydrogen-bond acceptors (Lipinski definition) is 3. The van der Waals surface area contributed by atoms with Gasteiger partial charge in [0.25, 0.3) is 0 Å². The Labute approximate surface area is 148 Å². The summed E-state index contributed by atoms with van der Waals surface area (Å²) in [5.74, 6) is 1.31. The van der Waals surface area contributed by atoms with Gasteiger partial charge in [-0.15, -0.1) is 24.2 Å². The van der Waals surface area contributed by atoms with Crippen LogP contribution in [0.15, 0.2) is 29.2 Å². The Kier molecular flexibility index (Phi) is 8.95. The number of nitrogens with zero attached hydrogens (tertiary/aromatic N) is 1. The molecule has 0 saturated carbocycles. The van der Waals surface area contributed by atoms with Crippen molar-refractivity contribution in [2.75, 3.05) is 32.4 Å². The molecular formula is C17H26ClFN2OS. The highest BCUT2D eigenvalue weighted by Crippen LogP contribution is 2.23. The molecule has 3 nitrogen and oxygen atoms in total. The van der Waals surface area contributed by atoms with Gasteiger partial charge >= 0.3 is 0 Å². The molecule has 1 heterocycles. The van der Waals surface area contributed by atoms with Crippen molar-refractivity contribution in [3.63, 3.8) is 0 Å². The number of hydrogen-bond donors (Lipinski definition) is 1. The van der Waals surface area contributed by atoms with Crippen molar-refractivity contribution in [1.82, 2.24) is 10.2 Å². The Balaban J connectivity index is 0.00000264. The van der Waals surface area contributed by atoms with E-state index in [0.717, 1.165) is 36.7 Å². The molecule has 1 N–H and O–H groups in total. The zero-order chi connectivity index (χ0) is 15.9. The monoisotopic (exact) mass is 360 g/mol. The first-order chi connectivity index (χ1) is 10.6. The lowest BCUT2D eigenvalue weighted by atomic mass is 9.97. The van der Waals surface area contributed by atoms with Crippen LogP contribution in [0.1, 0.15) is 19.8 Å². The number of nitrogens with one attached hydrogen (secondary N) is 1. The fourth-order valence-corrected chi connectivity index (χ4v) is 3.77. The maximum absolute atomic E-state index is 12.9. The van der Waals surface area contributed by atoms with Gasteiger partial charge in [0.2, 0.25) is 5.91 Å². The van der Waals surface area contributed by atoms with Crippen LogP contribution in [0.3, 0.4) is 0 Å². The number of likely N-dealkylation sites (tertiary alicyclic amines) is 1. The molecule has 0 aromatic heterocycles. The van der Waals surface area contributed by atoms with Crippen molar-refractivity contribution in [2.24, 2.45) is 11.8 Å². The molecule has 2 atom stereocenters. The van der Waals surface area contributed by atoms with Crippen LogP contribution in [0.5, 0.6) is 0 Å². The van der Waals surface area contributed by atoms with Gasteiger partial charge in [-0.05, 0) is 56.6 Å². The fraction of sp³-hybridized carbons (Fsp3) is 0.588. The van der Waals surface area contributed by atoms with E-state index in [4.69, 9.17) is 0 Å². The molecule has 0 bridgehead atoms. The van der Waals surface area contributed by atoms with Crippen LogP contribution >= 0.6 is 24.2 Å². The van der Waals surface area contributed by atoms with E-state index in [-0.39, 0.29) is 30.0 Å². The van der Waals surface area contributed by atoms with Crippen LogP contribution in [0.25, 0.3) is 0 Å².